The van der Waals surface area contributed by atoms with Crippen molar-refractivity contribution in [2.45, 2.75) is 40.2 Å². The monoisotopic (exact) mass is 293 g/mol. The van der Waals surface area contributed by atoms with Crippen molar-refractivity contribution >= 4 is 0 Å². The highest BCUT2D eigenvalue weighted by Crippen LogP contribution is 2.16. The predicted molar refractivity (Wildman–Crippen MR) is 82.4 cm³/mol. The van der Waals surface area contributed by atoms with Crippen molar-refractivity contribution in [2.75, 3.05) is 26.4 Å². The van der Waals surface area contributed by atoms with Crippen molar-refractivity contribution in [2.24, 2.45) is 11.8 Å². The Balaban J connectivity index is 1.80. The summed E-state index contributed by atoms with van der Waals surface area (Å²) >= 11 is 0. The molecule has 118 valence electrons. The number of hydrogen-bond donors (Lipinski definition) is 1. The average molecular weight is 293 g/mol. The number of hydrogen-bond acceptors (Lipinski definition) is 5. The van der Waals surface area contributed by atoms with Crippen LogP contribution in [-0.4, -0.2) is 36.3 Å². The first-order chi connectivity index (χ1) is 10.1. The lowest BCUT2D eigenvalue weighted by Gasteiger charge is -2.21. The molecule has 5 nitrogen and oxygen atoms in total. The molecule has 0 unspecified atom stereocenters. The number of ether oxygens (including phenoxy) is 2. The summed E-state index contributed by atoms with van der Waals surface area (Å²) in [6.07, 6.45) is 4.00. The van der Waals surface area contributed by atoms with Crippen LogP contribution in [0.2, 0.25) is 0 Å². The van der Waals surface area contributed by atoms with Gasteiger partial charge < -0.3 is 14.8 Å². The van der Waals surface area contributed by atoms with Crippen molar-refractivity contribution in [3.05, 3.63) is 17.5 Å². The summed E-state index contributed by atoms with van der Waals surface area (Å²) < 4.78 is 11.1. The molecule has 0 aliphatic carbocycles. The van der Waals surface area contributed by atoms with E-state index in [0.29, 0.717) is 24.5 Å². The van der Waals surface area contributed by atoms with E-state index in [1.807, 2.05) is 13.1 Å². The van der Waals surface area contributed by atoms with Gasteiger partial charge in [-0.3, -0.25) is 0 Å². The summed E-state index contributed by atoms with van der Waals surface area (Å²) in [5.74, 6) is 1.21. The molecule has 1 fully saturated rings. The van der Waals surface area contributed by atoms with Crippen molar-refractivity contribution < 1.29 is 9.47 Å². The molecule has 0 bridgehead atoms. The van der Waals surface area contributed by atoms with E-state index in [2.05, 4.69) is 29.1 Å². The quantitative estimate of drug-likeness (QED) is 0.836. The molecule has 1 N–H and O–H groups in total. The highest BCUT2D eigenvalue weighted by atomic mass is 16.5. The van der Waals surface area contributed by atoms with Gasteiger partial charge in [-0.15, -0.1) is 0 Å². The van der Waals surface area contributed by atoms with Crippen LogP contribution in [0.1, 0.15) is 37.9 Å². The Labute approximate surface area is 127 Å². The van der Waals surface area contributed by atoms with Crippen LogP contribution in [0.3, 0.4) is 0 Å². The Morgan fingerprint density at radius 2 is 2.14 bits per heavy atom. The topological polar surface area (TPSA) is 56.3 Å². The van der Waals surface area contributed by atoms with Gasteiger partial charge in [0.25, 0.3) is 0 Å². The van der Waals surface area contributed by atoms with Gasteiger partial charge in [-0.05, 0) is 38.1 Å². The lowest BCUT2D eigenvalue weighted by molar-refractivity contribution is 0.0482. The number of aromatic nitrogens is 2. The molecule has 1 aliphatic rings. The molecule has 0 radical (unpaired) electrons. The Morgan fingerprint density at radius 3 is 2.81 bits per heavy atom. The van der Waals surface area contributed by atoms with E-state index in [9.17, 15) is 0 Å². The fraction of sp³-hybridized carbons (Fsp3) is 0.750. The highest BCUT2D eigenvalue weighted by molar-refractivity contribution is 5.17. The van der Waals surface area contributed by atoms with Crippen LogP contribution in [0, 0.1) is 18.8 Å². The van der Waals surface area contributed by atoms with E-state index in [1.54, 1.807) is 0 Å². The Bertz CT molecular complexity index is 432. The van der Waals surface area contributed by atoms with Gasteiger partial charge in [-0.25, -0.2) is 9.97 Å². The van der Waals surface area contributed by atoms with Crippen molar-refractivity contribution in [3.8, 4) is 6.01 Å². The zero-order chi connectivity index (χ0) is 15.1. The lowest BCUT2D eigenvalue weighted by Crippen LogP contribution is -2.22. The Kier molecular flexibility index (Phi) is 6.39. The first kappa shape index (κ1) is 16.2. The summed E-state index contributed by atoms with van der Waals surface area (Å²) in [4.78, 5) is 8.77. The molecule has 0 aromatic carbocycles. The van der Waals surface area contributed by atoms with Gasteiger partial charge >= 0.3 is 6.01 Å². The summed E-state index contributed by atoms with van der Waals surface area (Å²) in [7, 11) is 0. The molecule has 2 heterocycles. The van der Waals surface area contributed by atoms with E-state index < -0.39 is 0 Å². The number of aryl methyl sites for hydroxylation is 1. The molecular formula is C16H27N3O2. The largest absolute Gasteiger partial charge is 0.463 e. The maximum Gasteiger partial charge on any atom is 0.316 e. The molecule has 1 aliphatic heterocycles. The smallest absolute Gasteiger partial charge is 0.316 e. The summed E-state index contributed by atoms with van der Waals surface area (Å²) in [6, 6.07) is 0.492. The van der Waals surface area contributed by atoms with E-state index in [4.69, 9.17) is 9.47 Å². The van der Waals surface area contributed by atoms with E-state index >= 15 is 0 Å². The van der Waals surface area contributed by atoms with Crippen molar-refractivity contribution in [3.63, 3.8) is 0 Å². The first-order valence-electron chi connectivity index (χ1n) is 7.89. The second-order valence-corrected chi connectivity index (χ2v) is 6.15. The normalized spacial score (nSPS) is 16.4. The van der Waals surface area contributed by atoms with Crippen LogP contribution in [-0.2, 0) is 11.3 Å². The van der Waals surface area contributed by atoms with Gasteiger partial charge in [0.2, 0.25) is 0 Å². The minimum Gasteiger partial charge on any atom is -0.463 e. The Hall–Kier alpha value is -1.20. The zero-order valence-corrected chi connectivity index (χ0v) is 13.4. The molecule has 0 amide bonds. The van der Waals surface area contributed by atoms with Crippen molar-refractivity contribution in [1.29, 1.82) is 0 Å². The van der Waals surface area contributed by atoms with Crippen LogP contribution < -0.4 is 10.1 Å². The average Bonchev–Trinajstić information content (AvgIpc) is 2.48. The van der Waals surface area contributed by atoms with Gasteiger partial charge in [0.1, 0.15) is 0 Å². The number of rotatable bonds is 7. The molecular weight excluding hydrogens is 266 g/mol. The molecule has 0 saturated carbocycles. The summed E-state index contributed by atoms with van der Waals surface area (Å²) in [6.45, 7) is 10.6. The fourth-order valence-corrected chi connectivity index (χ4v) is 2.31. The van der Waals surface area contributed by atoms with Crippen LogP contribution in [0.25, 0.3) is 0 Å². The third-order valence-electron chi connectivity index (χ3n) is 3.72. The standard InChI is InChI=1S/C16H27N3O2/c1-12(2)8-17-9-15-10-18-16(19-13(15)3)21-11-14-4-6-20-7-5-14/h10,12,14,17H,4-9,11H2,1-3H3. The van der Waals surface area contributed by atoms with Gasteiger partial charge in [0.15, 0.2) is 0 Å². The number of nitrogens with zero attached hydrogens (tertiary/aromatic N) is 2. The van der Waals surface area contributed by atoms with Gasteiger partial charge in [-0.2, -0.15) is 0 Å². The van der Waals surface area contributed by atoms with Crippen molar-refractivity contribution in [1.82, 2.24) is 15.3 Å². The summed E-state index contributed by atoms with van der Waals surface area (Å²) in [5, 5.41) is 3.41. The molecule has 0 spiro atoms. The maximum absolute atomic E-state index is 5.73. The van der Waals surface area contributed by atoms with Gasteiger partial charge in [-0.1, -0.05) is 13.8 Å². The minimum atomic E-state index is 0.492. The molecule has 1 aromatic rings. The zero-order valence-electron chi connectivity index (χ0n) is 13.4. The van der Waals surface area contributed by atoms with E-state index in [0.717, 1.165) is 50.4 Å². The number of nitrogens with one attached hydrogen (secondary N) is 1. The second-order valence-electron chi connectivity index (χ2n) is 6.15. The highest BCUT2D eigenvalue weighted by Gasteiger charge is 2.15. The van der Waals surface area contributed by atoms with E-state index in [-0.39, 0.29) is 0 Å². The van der Waals surface area contributed by atoms with Crippen LogP contribution >= 0.6 is 0 Å². The molecule has 0 atom stereocenters. The van der Waals surface area contributed by atoms with Crippen LogP contribution in [0.5, 0.6) is 6.01 Å². The molecule has 1 saturated heterocycles. The predicted octanol–water partition coefficient (Wildman–Crippen LogP) is 2.34. The molecule has 21 heavy (non-hydrogen) atoms. The second kappa shape index (κ2) is 8.29. The fourth-order valence-electron chi connectivity index (χ4n) is 2.31. The third kappa shape index (κ3) is 5.59. The minimum absolute atomic E-state index is 0.492. The lowest BCUT2D eigenvalue weighted by atomic mass is 10.0. The third-order valence-corrected chi connectivity index (χ3v) is 3.72. The first-order valence-corrected chi connectivity index (χ1v) is 7.89. The molecule has 1 aromatic heterocycles. The van der Waals surface area contributed by atoms with E-state index in [1.165, 1.54) is 0 Å². The molecule has 5 heteroatoms. The van der Waals surface area contributed by atoms with Crippen LogP contribution in [0.15, 0.2) is 6.20 Å². The maximum atomic E-state index is 5.73. The van der Waals surface area contributed by atoms with Crippen LogP contribution in [0.4, 0.5) is 0 Å². The summed E-state index contributed by atoms with van der Waals surface area (Å²) in [5.41, 5.74) is 2.12. The van der Waals surface area contributed by atoms with Gasteiger partial charge in [0, 0.05) is 37.2 Å². The SMILES string of the molecule is Cc1nc(OCC2CCOCC2)ncc1CNCC(C)C. The molecule has 2 rings (SSSR count). The Morgan fingerprint density at radius 1 is 1.38 bits per heavy atom. The van der Waals surface area contributed by atoms with Gasteiger partial charge in [0.05, 0.1) is 6.61 Å².